The van der Waals surface area contributed by atoms with Crippen molar-refractivity contribution in [3.63, 3.8) is 0 Å². The Kier molecular flexibility index (Phi) is 13.9. The van der Waals surface area contributed by atoms with Gasteiger partial charge in [-0.25, -0.2) is 14.4 Å². The number of β-lactam (4-membered cyclic amide) rings is 1. The number of fused-ring (bicyclic) bond motifs is 1. The van der Waals surface area contributed by atoms with E-state index in [1.807, 2.05) is 19.1 Å². The number of ether oxygens (including phenoxy) is 3. The first-order chi connectivity index (χ1) is 25.9. The summed E-state index contributed by atoms with van der Waals surface area (Å²) in [5, 5.41) is 6.31. The molecule has 13 nitrogen and oxygen atoms in total. The highest BCUT2D eigenvalue weighted by molar-refractivity contribution is 8.00. The molecule has 2 aliphatic rings. The average molecular weight is 818 g/mol. The maximum Gasteiger partial charge on any atom is 0.414 e. The van der Waals surface area contributed by atoms with Gasteiger partial charge in [0.15, 0.2) is 6.10 Å². The maximum absolute atomic E-state index is 14.2. The summed E-state index contributed by atoms with van der Waals surface area (Å²) in [4.78, 5) is 80.1. The smallest absolute Gasteiger partial charge is 0.414 e. The first kappa shape index (κ1) is 40.4. The molecule has 3 aromatic rings. The van der Waals surface area contributed by atoms with Gasteiger partial charge in [-0.1, -0.05) is 139 Å². The first-order valence-electron chi connectivity index (χ1n) is 16.7. The molecule has 0 aromatic heterocycles. The van der Waals surface area contributed by atoms with Gasteiger partial charge in [0.1, 0.15) is 29.8 Å². The van der Waals surface area contributed by atoms with E-state index in [4.69, 9.17) is 49.0 Å². The lowest BCUT2D eigenvalue weighted by Crippen LogP contribution is -2.71. The number of alkyl carbamates (subject to hydrolysis) is 2. The summed E-state index contributed by atoms with van der Waals surface area (Å²) in [6.45, 7) is 1.56. The number of halogens is 3. The lowest BCUT2D eigenvalue weighted by molar-refractivity contribution is -0.155. The van der Waals surface area contributed by atoms with Crippen molar-refractivity contribution in [2.45, 2.75) is 47.1 Å². The highest BCUT2D eigenvalue weighted by Crippen LogP contribution is 2.42. The SMILES string of the molecule is CCCCOC(=O)N[C@@H](C(=O)NC1C(=O)N2C(C(=O)OC(c3ccccc3)c3ccccc3)=C(COC(=O)NC(=O)C(Cl)(Cl)Cl)CS[C@H]12)c1ccccc1. The van der Waals surface area contributed by atoms with E-state index in [0.717, 1.165) is 6.42 Å². The van der Waals surface area contributed by atoms with Gasteiger partial charge in [0.2, 0.25) is 5.91 Å². The van der Waals surface area contributed by atoms with Crippen molar-refractivity contribution in [2.24, 2.45) is 0 Å². The van der Waals surface area contributed by atoms with Gasteiger partial charge in [-0.15, -0.1) is 11.8 Å². The zero-order chi connectivity index (χ0) is 38.8. The number of hydrogen-bond acceptors (Lipinski definition) is 10. The molecule has 2 aliphatic heterocycles. The minimum absolute atomic E-state index is 0.0440. The summed E-state index contributed by atoms with van der Waals surface area (Å²) < 4.78 is 14.1. The van der Waals surface area contributed by atoms with Crippen LogP contribution in [0, 0.1) is 0 Å². The second-order valence-electron chi connectivity index (χ2n) is 12.0. The fraction of sp³-hybridized carbons (Fsp3) is 0.297. The lowest BCUT2D eigenvalue weighted by Gasteiger charge is -2.50. The molecule has 5 rings (SSSR count). The third-order valence-corrected chi connectivity index (χ3v) is 10.1. The number of benzene rings is 3. The van der Waals surface area contributed by atoms with Gasteiger partial charge in [0.05, 0.1) is 6.61 Å². The Balaban J connectivity index is 1.40. The van der Waals surface area contributed by atoms with Crippen LogP contribution in [-0.2, 0) is 33.4 Å². The van der Waals surface area contributed by atoms with Gasteiger partial charge in [-0.3, -0.25) is 24.6 Å². The largest absolute Gasteiger partial charge is 0.450 e. The van der Waals surface area contributed by atoms with E-state index in [-0.39, 0.29) is 23.6 Å². The standard InChI is InChI=1S/C37H35Cl3N4O9S/c1-2-3-19-51-35(49)42-26(22-13-7-4-8-14-22)30(45)41-27-31(46)44-28(25(21-54-32(27)44)20-52-36(50)43-34(48)37(38,39)40)33(47)53-29(23-15-9-5-10-16-23)24-17-11-6-12-18-24/h4-18,26-27,29,32H,2-3,19-21H2,1H3,(H,41,45)(H,42,49)(H,43,48,50)/t26-,27?,32-/m1/s1. The summed E-state index contributed by atoms with van der Waals surface area (Å²) in [7, 11) is 0. The summed E-state index contributed by atoms with van der Waals surface area (Å²) in [5.74, 6) is -3.47. The second-order valence-corrected chi connectivity index (χ2v) is 15.3. The number of imide groups is 1. The molecule has 0 spiro atoms. The van der Waals surface area contributed by atoms with Crippen LogP contribution >= 0.6 is 46.6 Å². The van der Waals surface area contributed by atoms with Crippen LogP contribution in [0.25, 0.3) is 0 Å². The molecule has 1 fully saturated rings. The molecule has 54 heavy (non-hydrogen) atoms. The number of unbranched alkanes of at least 4 members (excludes halogenated alkanes) is 1. The van der Waals surface area contributed by atoms with Gasteiger partial charge in [-0.2, -0.15) is 0 Å². The van der Waals surface area contributed by atoms with Crippen LogP contribution in [0.2, 0.25) is 0 Å². The van der Waals surface area contributed by atoms with Crippen LogP contribution in [0.15, 0.2) is 102 Å². The number of hydrogen-bond donors (Lipinski definition) is 3. The Labute approximate surface area is 330 Å². The maximum atomic E-state index is 14.2. The molecule has 17 heteroatoms. The van der Waals surface area contributed by atoms with E-state index in [2.05, 4.69) is 10.6 Å². The van der Waals surface area contributed by atoms with Crippen molar-refractivity contribution >= 4 is 82.4 Å². The predicted octanol–water partition coefficient (Wildman–Crippen LogP) is 5.86. The van der Waals surface area contributed by atoms with Gasteiger partial charge in [0.25, 0.3) is 15.6 Å². The summed E-state index contributed by atoms with van der Waals surface area (Å²) in [6, 6.07) is 24.1. The number of esters is 1. The van der Waals surface area contributed by atoms with Crippen LogP contribution in [0.1, 0.15) is 48.6 Å². The molecular formula is C37H35Cl3N4O9S. The Hall–Kier alpha value is -4.76. The van der Waals surface area contributed by atoms with E-state index >= 15 is 0 Å². The van der Waals surface area contributed by atoms with E-state index < -0.39 is 69.8 Å². The third-order valence-electron chi connectivity index (χ3n) is 8.21. The molecule has 3 N–H and O–H groups in total. The highest BCUT2D eigenvalue weighted by atomic mass is 35.6. The van der Waals surface area contributed by atoms with E-state index in [1.165, 1.54) is 16.7 Å². The molecule has 5 amide bonds. The second kappa shape index (κ2) is 18.5. The number of rotatable bonds is 13. The van der Waals surface area contributed by atoms with Gasteiger partial charge in [-0.05, 0) is 23.1 Å². The van der Waals surface area contributed by atoms with Crippen LogP contribution in [0.5, 0.6) is 0 Å². The fourth-order valence-electron chi connectivity index (χ4n) is 5.53. The molecule has 1 unspecified atom stereocenters. The van der Waals surface area contributed by atoms with Crippen LogP contribution in [0.4, 0.5) is 9.59 Å². The van der Waals surface area contributed by atoms with Crippen LogP contribution in [0.3, 0.4) is 0 Å². The van der Waals surface area contributed by atoms with Crippen molar-refractivity contribution in [3.8, 4) is 0 Å². The molecule has 1 saturated heterocycles. The fourth-order valence-corrected chi connectivity index (χ4v) is 7.00. The number of alkyl halides is 3. The van der Waals surface area contributed by atoms with Gasteiger partial charge >= 0.3 is 18.2 Å². The van der Waals surface area contributed by atoms with Crippen molar-refractivity contribution < 1.29 is 43.0 Å². The number of nitrogens with zero attached hydrogens (tertiary/aromatic N) is 1. The van der Waals surface area contributed by atoms with Crippen molar-refractivity contribution in [2.75, 3.05) is 19.0 Å². The summed E-state index contributed by atoms with van der Waals surface area (Å²) in [5.41, 5.74) is 1.72. The monoisotopic (exact) mass is 816 g/mol. The lowest BCUT2D eigenvalue weighted by atomic mass is 10.00. The molecule has 2 heterocycles. The molecule has 0 radical (unpaired) electrons. The zero-order valence-corrected chi connectivity index (χ0v) is 31.8. The molecule has 3 aromatic carbocycles. The highest BCUT2D eigenvalue weighted by Gasteiger charge is 2.55. The predicted molar refractivity (Wildman–Crippen MR) is 201 cm³/mol. The quantitative estimate of drug-likeness (QED) is 0.0625. The Bertz CT molecular complexity index is 1840. The molecule has 284 valence electrons. The Morgan fingerprint density at radius 3 is 1.98 bits per heavy atom. The number of amides is 5. The topological polar surface area (TPSA) is 169 Å². The van der Waals surface area contributed by atoms with Crippen molar-refractivity contribution in [3.05, 3.63) is 119 Å². The average Bonchev–Trinajstić information content (AvgIpc) is 3.17. The van der Waals surface area contributed by atoms with Crippen molar-refractivity contribution in [1.29, 1.82) is 0 Å². The molecule has 0 bridgehead atoms. The van der Waals surface area contributed by atoms with Crippen LogP contribution in [-0.4, -0.2) is 75.0 Å². The molecule has 3 atom stereocenters. The minimum Gasteiger partial charge on any atom is -0.450 e. The summed E-state index contributed by atoms with van der Waals surface area (Å²) >= 11 is 17.8. The van der Waals surface area contributed by atoms with Gasteiger partial charge in [0, 0.05) is 11.3 Å². The van der Waals surface area contributed by atoms with E-state index in [0.29, 0.717) is 23.1 Å². The number of carbonyl (C=O) groups is 6. The van der Waals surface area contributed by atoms with E-state index in [9.17, 15) is 28.8 Å². The number of carbonyl (C=O) groups excluding carboxylic acids is 6. The Morgan fingerprint density at radius 1 is 0.852 bits per heavy atom. The van der Waals surface area contributed by atoms with Gasteiger partial charge < -0.3 is 24.8 Å². The normalized spacial score (nSPS) is 17.1. The molecular weight excluding hydrogens is 783 g/mol. The minimum atomic E-state index is -2.45. The Morgan fingerprint density at radius 2 is 1.43 bits per heavy atom. The van der Waals surface area contributed by atoms with E-state index in [1.54, 1.807) is 84.2 Å². The first-order valence-corrected chi connectivity index (χ1v) is 18.9. The van der Waals surface area contributed by atoms with Crippen molar-refractivity contribution in [1.82, 2.24) is 20.9 Å². The number of thioether (sulfide) groups is 1. The molecule has 0 aliphatic carbocycles. The third kappa shape index (κ3) is 10.1. The number of nitrogens with one attached hydrogen (secondary N) is 3. The zero-order valence-electron chi connectivity index (χ0n) is 28.7. The summed E-state index contributed by atoms with van der Waals surface area (Å²) in [6.07, 6.45) is -1.52. The molecule has 0 saturated carbocycles. The van der Waals surface area contributed by atoms with Crippen LogP contribution < -0.4 is 16.0 Å².